The van der Waals surface area contributed by atoms with Crippen molar-refractivity contribution < 1.29 is 67.0 Å². The molecular weight excluding hydrogens is 389 g/mol. The SMILES string of the molecule is O=P(=O)[C@@]1(O)[C@]2(O)OP3(=O)O[C@]2(O)[C@@](O)(O3)[C@@H](O)[C@@]1(O)P(=O)=O. The Balaban J connectivity index is 2.48. The number of rotatable bonds is 2. The standard InChI is InChI=1S/C6H7O14P3/c7-1-2(8)4(10)5(11,20-23(17,18-2)19-4)6(12,22(15)16)3(1,9)21(13)14/h1,7-12H/t1-,2+,3-,4-,5-,6-,23?/m1/s1. The fraction of sp³-hybridized carbons (Fsp3) is 1.00. The maximum absolute atomic E-state index is 11.9. The molecule has 0 spiro atoms. The quantitative estimate of drug-likeness (QED) is 0.261. The molecule has 23 heavy (non-hydrogen) atoms. The van der Waals surface area contributed by atoms with Crippen LogP contribution in [-0.2, 0) is 36.4 Å². The molecule has 3 fully saturated rings. The molecule has 2 bridgehead atoms. The van der Waals surface area contributed by atoms with Gasteiger partial charge in [0.15, 0.2) is 6.10 Å². The van der Waals surface area contributed by atoms with Gasteiger partial charge in [0.25, 0.3) is 28.0 Å². The van der Waals surface area contributed by atoms with Crippen LogP contribution in [0.2, 0.25) is 0 Å². The van der Waals surface area contributed by atoms with E-state index in [0.717, 1.165) is 0 Å². The normalized spacial score (nSPS) is 60.7. The summed E-state index contributed by atoms with van der Waals surface area (Å²) >= 11 is 0. The first-order valence-corrected chi connectivity index (χ1v) is 9.29. The van der Waals surface area contributed by atoms with Crippen LogP contribution in [-0.4, -0.2) is 64.8 Å². The third kappa shape index (κ3) is 1.39. The molecule has 1 saturated carbocycles. The number of fused-ring (bicyclic) bond motifs is 1. The van der Waals surface area contributed by atoms with Crippen molar-refractivity contribution in [3.63, 3.8) is 0 Å². The largest absolute Gasteiger partial charge is 0.483 e. The van der Waals surface area contributed by atoms with E-state index < -0.39 is 57.3 Å². The maximum Gasteiger partial charge on any atom is 0.483 e. The van der Waals surface area contributed by atoms with Crippen LogP contribution in [0.25, 0.3) is 0 Å². The Bertz CT molecular complexity index is 780. The predicted octanol–water partition coefficient (Wildman–Crippen LogP) is -2.67. The summed E-state index contributed by atoms with van der Waals surface area (Å²) in [7, 11) is -14.3. The second kappa shape index (κ2) is 4.07. The summed E-state index contributed by atoms with van der Waals surface area (Å²) in [5.41, 5.74) is 0. The van der Waals surface area contributed by atoms with Crippen LogP contribution in [0.4, 0.5) is 0 Å². The van der Waals surface area contributed by atoms with Crippen molar-refractivity contribution in [2.24, 2.45) is 0 Å². The molecule has 0 aromatic carbocycles. The lowest BCUT2D eigenvalue weighted by Crippen LogP contribution is -2.88. The van der Waals surface area contributed by atoms with Crippen LogP contribution in [0.3, 0.4) is 0 Å². The zero-order chi connectivity index (χ0) is 17.9. The van der Waals surface area contributed by atoms with Crippen molar-refractivity contribution in [1.82, 2.24) is 0 Å². The first kappa shape index (κ1) is 17.5. The maximum atomic E-state index is 11.9. The third-order valence-electron chi connectivity index (χ3n) is 3.96. The molecule has 2 aliphatic heterocycles. The van der Waals surface area contributed by atoms with E-state index in [1.54, 1.807) is 0 Å². The molecule has 0 aromatic heterocycles. The molecule has 0 aromatic rings. The number of aliphatic hydroxyl groups excluding tert-OH is 1. The molecule has 2 heterocycles. The van der Waals surface area contributed by atoms with Crippen molar-refractivity contribution in [3.05, 3.63) is 0 Å². The number of phosphoric ester groups is 1. The molecule has 7 atom stereocenters. The second-order valence-electron chi connectivity index (χ2n) is 5.02. The zero-order valence-electron chi connectivity index (χ0n) is 10.4. The van der Waals surface area contributed by atoms with Gasteiger partial charge in [-0.3, -0.25) is 0 Å². The summed E-state index contributed by atoms with van der Waals surface area (Å²) in [6.45, 7) is 0. The van der Waals surface area contributed by atoms with E-state index in [9.17, 15) is 53.5 Å². The van der Waals surface area contributed by atoms with Crippen molar-refractivity contribution in [2.75, 3.05) is 0 Å². The highest BCUT2D eigenvalue weighted by atomic mass is 31.2. The van der Waals surface area contributed by atoms with E-state index in [4.69, 9.17) is 0 Å². The fourth-order valence-corrected chi connectivity index (χ4v) is 6.79. The van der Waals surface area contributed by atoms with E-state index in [0.29, 0.717) is 0 Å². The molecule has 3 rings (SSSR count). The van der Waals surface area contributed by atoms with Crippen molar-refractivity contribution >= 4 is 23.2 Å². The van der Waals surface area contributed by atoms with Gasteiger partial charge in [0.2, 0.25) is 0 Å². The van der Waals surface area contributed by atoms with Gasteiger partial charge >= 0.3 is 23.2 Å². The topological polar surface area (TPSA) is 234 Å². The van der Waals surface area contributed by atoms with Gasteiger partial charge in [-0.1, -0.05) is 0 Å². The molecule has 0 amide bonds. The minimum absolute atomic E-state index is 3.35. The van der Waals surface area contributed by atoms with Gasteiger partial charge in [0, 0.05) is 0 Å². The molecule has 14 nitrogen and oxygen atoms in total. The van der Waals surface area contributed by atoms with Gasteiger partial charge in [-0.15, -0.1) is 0 Å². The molecule has 0 radical (unpaired) electrons. The van der Waals surface area contributed by atoms with E-state index in [1.807, 2.05) is 0 Å². The minimum Gasteiger partial charge on any atom is -0.383 e. The molecule has 1 unspecified atom stereocenters. The number of aliphatic hydroxyl groups is 6. The van der Waals surface area contributed by atoms with E-state index in [1.165, 1.54) is 0 Å². The van der Waals surface area contributed by atoms with Crippen LogP contribution in [0.1, 0.15) is 0 Å². The van der Waals surface area contributed by atoms with Gasteiger partial charge in [-0.05, 0) is 0 Å². The van der Waals surface area contributed by atoms with Gasteiger partial charge in [-0.2, -0.15) is 0 Å². The van der Waals surface area contributed by atoms with Gasteiger partial charge < -0.3 is 30.6 Å². The fourth-order valence-electron chi connectivity index (χ4n) is 2.78. The third-order valence-corrected chi connectivity index (χ3v) is 7.92. The minimum atomic E-state index is -5.14. The summed E-state index contributed by atoms with van der Waals surface area (Å²) in [5.74, 6) is -11.9. The number of hydrogen-bond acceptors (Lipinski definition) is 14. The zero-order valence-corrected chi connectivity index (χ0v) is 13.1. The van der Waals surface area contributed by atoms with Crippen LogP contribution >= 0.6 is 23.2 Å². The van der Waals surface area contributed by atoms with E-state index in [2.05, 4.69) is 13.6 Å². The highest BCUT2D eigenvalue weighted by molar-refractivity contribution is 7.49. The molecule has 6 N–H and O–H groups in total. The van der Waals surface area contributed by atoms with Crippen LogP contribution < -0.4 is 0 Å². The Morgan fingerprint density at radius 3 is 1.70 bits per heavy atom. The van der Waals surface area contributed by atoms with E-state index in [-0.39, 0.29) is 0 Å². The molecule has 17 heteroatoms. The first-order valence-electron chi connectivity index (χ1n) is 5.47. The lowest BCUT2D eigenvalue weighted by Gasteiger charge is -2.57. The number of hydrogen-bond donors (Lipinski definition) is 6. The van der Waals surface area contributed by atoms with Gasteiger partial charge in [0.1, 0.15) is 0 Å². The highest BCUT2D eigenvalue weighted by Crippen LogP contribution is 2.81. The Kier molecular flexibility index (Phi) is 3.10. The summed E-state index contributed by atoms with van der Waals surface area (Å²) in [6, 6.07) is 0. The van der Waals surface area contributed by atoms with Crippen LogP contribution in [0, 0.1) is 0 Å². The summed E-state index contributed by atoms with van der Waals surface area (Å²) in [5, 5.41) is 51.9. The molecule has 3 aliphatic rings. The average molecular weight is 396 g/mol. The second-order valence-corrected chi connectivity index (χ2v) is 8.82. The molecule has 1 aliphatic carbocycles. The van der Waals surface area contributed by atoms with Gasteiger partial charge in [-0.25, -0.2) is 36.4 Å². The summed E-state index contributed by atoms with van der Waals surface area (Å²) in [4.78, 5) is 0. The highest BCUT2D eigenvalue weighted by Gasteiger charge is 3.00. The monoisotopic (exact) mass is 396 g/mol. The molecular formula is C6H7O14P3. The lowest BCUT2D eigenvalue weighted by molar-refractivity contribution is -0.480. The van der Waals surface area contributed by atoms with Crippen LogP contribution in [0.5, 0.6) is 0 Å². The molecule has 130 valence electrons. The van der Waals surface area contributed by atoms with Gasteiger partial charge in [0.05, 0.1) is 0 Å². The average Bonchev–Trinajstić information content (AvgIpc) is 2.75. The van der Waals surface area contributed by atoms with Crippen molar-refractivity contribution in [3.8, 4) is 0 Å². The first-order chi connectivity index (χ1) is 10.2. The summed E-state index contributed by atoms with van der Waals surface area (Å²) < 4.78 is 69.8. The Morgan fingerprint density at radius 1 is 0.826 bits per heavy atom. The Labute approximate surface area is 125 Å². The number of phosphoric acid groups is 1. The summed E-state index contributed by atoms with van der Waals surface area (Å²) in [6.07, 6.45) is -3.35. The van der Waals surface area contributed by atoms with Crippen molar-refractivity contribution in [1.29, 1.82) is 0 Å². The van der Waals surface area contributed by atoms with Crippen molar-refractivity contribution in [2.45, 2.75) is 34.1 Å². The Hall–Kier alpha value is -0.330. The lowest BCUT2D eigenvalue weighted by atomic mass is 9.75. The molecule has 2 saturated heterocycles. The van der Waals surface area contributed by atoms with Crippen LogP contribution in [0.15, 0.2) is 0 Å². The smallest absolute Gasteiger partial charge is 0.383 e. The predicted molar refractivity (Wildman–Crippen MR) is 58.2 cm³/mol. The van der Waals surface area contributed by atoms with E-state index >= 15 is 0 Å². The Morgan fingerprint density at radius 2 is 1.30 bits per heavy atom.